The van der Waals surface area contributed by atoms with Gasteiger partial charge in [0.1, 0.15) is 0 Å². The summed E-state index contributed by atoms with van der Waals surface area (Å²) in [6.45, 7) is 0.575. The molecule has 0 fully saturated rings. The van der Waals surface area contributed by atoms with Gasteiger partial charge in [0.05, 0.1) is 16.9 Å². The molecule has 0 bridgehead atoms. The SMILES string of the molecule is CN(C)CCCc1nc(C(=O)O)c(N)cc1C(F)(F)F.[NaH]. The van der Waals surface area contributed by atoms with E-state index in [9.17, 15) is 18.0 Å². The number of nitrogen functional groups attached to an aromatic ring is 1. The molecular weight excluding hydrogens is 298 g/mol. The molecule has 0 amide bonds. The first kappa shape index (κ1) is 20.2. The summed E-state index contributed by atoms with van der Waals surface area (Å²) in [4.78, 5) is 16.3. The van der Waals surface area contributed by atoms with Crippen molar-refractivity contribution in [3.8, 4) is 0 Å². The Labute approximate surface area is 142 Å². The fourth-order valence-corrected chi connectivity index (χ4v) is 1.74. The summed E-state index contributed by atoms with van der Waals surface area (Å²) in [6, 6.07) is 0.640. The second-order valence-electron chi connectivity index (χ2n) is 4.63. The van der Waals surface area contributed by atoms with E-state index in [1.165, 1.54) is 0 Å². The summed E-state index contributed by atoms with van der Waals surface area (Å²) in [5.74, 6) is -1.44. The molecule has 1 rings (SSSR count). The van der Waals surface area contributed by atoms with E-state index in [-0.39, 0.29) is 41.7 Å². The van der Waals surface area contributed by atoms with Crippen LogP contribution in [0, 0.1) is 0 Å². The van der Waals surface area contributed by atoms with Gasteiger partial charge in [-0.15, -0.1) is 0 Å². The molecule has 0 aromatic carbocycles. The summed E-state index contributed by atoms with van der Waals surface area (Å²) in [6.07, 6.45) is -4.13. The second-order valence-corrected chi connectivity index (χ2v) is 4.63. The summed E-state index contributed by atoms with van der Waals surface area (Å²) in [7, 11) is 3.59. The molecule has 1 aromatic heterocycles. The molecule has 114 valence electrons. The van der Waals surface area contributed by atoms with Crippen molar-refractivity contribution in [2.24, 2.45) is 0 Å². The number of halogens is 3. The van der Waals surface area contributed by atoms with Crippen molar-refractivity contribution in [2.45, 2.75) is 19.0 Å². The van der Waals surface area contributed by atoms with Crippen molar-refractivity contribution in [1.29, 1.82) is 0 Å². The molecule has 0 saturated carbocycles. The molecule has 0 radical (unpaired) electrons. The van der Waals surface area contributed by atoms with Gasteiger partial charge < -0.3 is 15.7 Å². The van der Waals surface area contributed by atoms with Crippen LogP contribution in [-0.4, -0.2) is 71.2 Å². The monoisotopic (exact) mass is 315 g/mol. The molecular formula is C12H17F3N3NaO2. The summed E-state index contributed by atoms with van der Waals surface area (Å²) < 4.78 is 38.7. The summed E-state index contributed by atoms with van der Waals surface area (Å²) in [5.41, 5.74) is 3.02. The molecule has 0 aliphatic rings. The van der Waals surface area contributed by atoms with Gasteiger partial charge >= 0.3 is 41.7 Å². The number of nitrogens with zero attached hydrogens (tertiary/aromatic N) is 2. The molecule has 0 unspecified atom stereocenters. The molecule has 5 nitrogen and oxygen atoms in total. The Bertz CT molecular complexity index is 507. The van der Waals surface area contributed by atoms with Crippen LogP contribution in [0.2, 0.25) is 0 Å². The van der Waals surface area contributed by atoms with Crippen LogP contribution >= 0.6 is 0 Å². The molecule has 0 atom stereocenters. The number of anilines is 1. The van der Waals surface area contributed by atoms with Gasteiger partial charge in [-0.25, -0.2) is 9.78 Å². The predicted octanol–water partition coefficient (Wildman–Crippen LogP) is 1.23. The number of aromatic nitrogens is 1. The average Bonchev–Trinajstić information content (AvgIpc) is 2.28. The van der Waals surface area contributed by atoms with Crippen molar-refractivity contribution in [3.05, 3.63) is 23.0 Å². The zero-order valence-electron chi connectivity index (χ0n) is 11.2. The van der Waals surface area contributed by atoms with Crippen molar-refractivity contribution in [2.75, 3.05) is 26.4 Å². The Hall–Kier alpha value is -0.830. The third kappa shape index (κ3) is 5.82. The molecule has 0 aliphatic heterocycles. The number of hydrogen-bond donors (Lipinski definition) is 2. The van der Waals surface area contributed by atoms with Gasteiger partial charge in [0.2, 0.25) is 0 Å². The van der Waals surface area contributed by atoms with Crippen LogP contribution in [0.5, 0.6) is 0 Å². The average molecular weight is 315 g/mol. The van der Waals surface area contributed by atoms with Crippen LogP contribution in [0.25, 0.3) is 0 Å². The van der Waals surface area contributed by atoms with Gasteiger partial charge in [-0.2, -0.15) is 13.2 Å². The number of aromatic carboxylic acids is 1. The van der Waals surface area contributed by atoms with E-state index < -0.39 is 29.1 Å². The Morgan fingerprint density at radius 2 is 2.00 bits per heavy atom. The molecule has 21 heavy (non-hydrogen) atoms. The Morgan fingerprint density at radius 3 is 2.43 bits per heavy atom. The Morgan fingerprint density at radius 1 is 1.43 bits per heavy atom. The first-order valence-corrected chi connectivity index (χ1v) is 5.87. The van der Waals surface area contributed by atoms with Crippen LogP contribution in [0.3, 0.4) is 0 Å². The van der Waals surface area contributed by atoms with Crippen molar-refractivity contribution >= 4 is 41.2 Å². The molecule has 0 aliphatic carbocycles. The maximum absolute atomic E-state index is 12.9. The summed E-state index contributed by atoms with van der Waals surface area (Å²) in [5, 5.41) is 8.87. The van der Waals surface area contributed by atoms with E-state index in [0.29, 0.717) is 19.0 Å². The number of hydrogen-bond acceptors (Lipinski definition) is 4. The minimum atomic E-state index is -4.61. The van der Waals surface area contributed by atoms with Crippen molar-refractivity contribution < 1.29 is 23.1 Å². The quantitative estimate of drug-likeness (QED) is 0.799. The molecule has 3 N–H and O–H groups in total. The zero-order valence-corrected chi connectivity index (χ0v) is 11.2. The van der Waals surface area contributed by atoms with E-state index in [1.807, 2.05) is 4.90 Å². The van der Waals surface area contributed by atoms with Gasteiger partial charge in [-0.3, -0.25) is 0 Å². The van der Waals surface area contributed by atoms with Crippen molar-refractivity contribution in [3.63, 3.8) is 0 Å². The number of pyridine rings is 1. The van der Waals surface area contributed by atoms with E-state index in [0.717, 1.165) is 0 Å². The first-order chi connectivity index (χ1) is 9.12. The van der Waals surface area contributed by atoms with Crippen LogP contribution in [0.4, 0.5) is 18.9 Å². The Balaban J connectivity index is 0.00000400. The topological polar surface area (TPSA) is 79.5 Å². The second kappa shape index (κ2) is 7.98. The van der Waals surface area contributed by atoms with Crippen molar-refractivity contribution in [1.82, 2.24) is 9.88 Å². The number of nitrogens with two attached hydrogens (primary N) is 1. The number of carbonyl (C=O) groups is 1. The Kier molecular flexibility index (Phi) is 7.66. The van der Waals surface area contributed by atoms with Crippen LogP contribution in [0.1, 0.15) is 28.2 Å². The van der Waals surface area contributed by atoms with Gasteiger partial charge in [0, 0.05) is 0 Å². The van der Waals surface area contributed by atoms with Gasteiger partial charge in [-0.1, -0.05) is 0 Å². The summed E-state index contributed by atoms with van der Waals surface area (Å²) >= 11 is 0. The van der Waals surface area contributed by atoms with E-state index >= 15 is 0 Å². The van der Waals surface area contributed by atoms with Gasteiger partial charge in [0.25, 0.3) is 0 Å². The predicted molar refractivity (Wildman–Crippen MR) is 74.6 cm³/mol. The zero-order chi connectivity index (χ0) is 15.5. The molecule has 0 spiro atoms. The fourth-order valence-electron chi connectivity index (χ4n) is 1.74. The molecule has 1 aromatic rings. The number of alkyl halides is 3. The number of aryl methyl sites for hydroxylation is 1. The maximum atomic E-state index is 12.9. The van der Waals surface area contributed by atoms with Crippen LogP contribution in [0.15, 0.2) is 6.07 Å². The van der Waals surface area contributed by atoms with E-state index in [4.69, 9.17) is 10.8 Å². The standard InChI is InChI=1S/C12H16F3N3O2.Na.H/c1-18(2)5-3-4-9-7(12(13,14)15)6-8(16)10(17-9)11(19)20;;/h6H,3-5,16H2,1-2H3,(H,19,20);;. The number of carboxylic acids is 1. The van der Waals surface area contributed by atoms with Gasteiger partial charge in [-0.05, 0) is 39.5 Å². The fraction of sp³-hybridized carbons (Fsp3) is 0.500. The normalized spacial score (nSPS) is 11.3. The number of rotatable bonds is 5. The van der Waals surface area contributed by atoms with E-state index in [1.54, 1.807) is 14.1 Å². The van der Waals surface area contributed by atoms with Crippen LogP contribution < -0.4 is 5.73 Å². The first-order valence-electron chi connectivity index (χ1n) is 5.87. The molecule has 0 saturated heterocycles. The number of carboxylic acid groups (broad SMARTS) is 1. The van der Waals surface area contributed by atoms with E-state index in [2.05, 4.69) is 4.98 Å². The van der Waals surface area contributed by atoms with Gasteiger partial charge in [0.15, 0.2) is 5.69 Å². The molecule has 9 heteroatoms. The minimum absolute atomic E-state index is 0. The third-order valence-electron chi connectivity index (χ3n) is 2.66. The van der Waals surface area contributed by atoms with Crippen LogP contribution in [-0.2, 0) is 12.6 Å². The molecule has 1 heterocycles. The third-order valence-corrected chi connectivity index (χ3v) is 2.66.